The van der Waals surface area contributed by atoms with Crippen LogP contribution >= 0.6 is 0 Å². The number of carbonyl (C=O) groups is 1. The third-order valence-electron chi connectivity index (χ3n) is 4.35. The van der Waals surface area contributed by atoms with Gasteiger partial charge in [0, 0.05) is 5.56 Å². The topological polar surface area (TPSA) is 43.1 Å². The van der Waals surface area contributed by atoms with Crippen LogP contribution in [0.2, 0.25) is 0 Å². The van der Waals surface area contributed by atoms with E-state index in [4.69, 9.17) is 5.73 Å². The predicted molar refractivity (Wildman–Crippen MR) is 63.1 cm³/mol. The van der Waals surface area contributed by atoms with Gasteiger partial charge < -0.3 is 5.73 Å². The number of carbonyl (C=O) groups excluding carboxylic acids is 1. The zero-order chi connectivity index (χ0) is 11.2. The average Bonchev–Trinajstić information content (AvgIpc) is 2.89. The number of fused-ring (bicyclic) bond motifs is 2. The molecule has 2 fully saturated rings. The molecule has 0 spiro atoms. The molecule has 2 bridgehead atoms. The van der Waals surface area contributed by atoms with Crippen molar-refractivity contribution in [3.8, 4) is 0 Å². The minimum Gasteiger partial charge on any atom is -0.318 e. The fourth-order valence-electron chi connectivity index (χ4n) is 3.51. The summed E-state index contributed by atoms with van der Waals surface area (Å²) >= 11 is 0. The van der Waals surface area contributed by atoms with Crippen molar-refractivity contribution >= 4 is 5.78 Å². The maximum atomic E-state index is 12.4. The second-order valence-corrected chi connectivity index (χ2v) is 5.32. The molecule has 16 heavy (non-hydrogen) atoms. The number of hydrogen-bond acceptors (Lipinski definition) is 2. The molecule has 2 heteroatoms. The molecular weight excluding hydrogens is 198 g/mol. The molecule has 84 valence electrons. The van der Waals surface area contributed by atoms with Crippen LogP contribution in [0.3, 0.4) is 0 Å². The number of benzene rings is 1. The first-order valence-corrected chi connectivity index (χ1v) is 6.09. The standard InChI is InChI=1S/C14H17NO/c15-14(9-10-6-7-12(14)8-10)13(16)11-4-2-1-3-5-11/h1-5,10,12H,6-9,15H2. The van der Waals surface area contributed by atoms with E-state index in [9.17, 15) is 4.79 Å². The zero-order valence-corrected chi connectivity index (χ0v) is 9.36. The van der Waals surface area contributed by atoms with Crippen LogP contribution in [0.4, 0.5) is 0 Å². The molecular formula is C14H17NO. The maximum Gasteiger partial charge on any atom is 0.182 e. The van der Waals surface area contributed by atoms with E-state index >= 15 is 0 Å². The van der Waals surface area contributed by atoms with Gasteiger partial charge in [-0.05, 0) is 31.1 Å². The molecule has 2 saturated carbocycles. The van der Waals surface area contributed by atoms with E-state index in [1.165, 1.54) is 6.42 Å². The van der Waals surface area contributed by atoms with Crippen LogP contribution in [-0.2, 0) is 0 Å². The Balaban J connectivity index is 1.91. The van der Waals surface area contributed by atoms with Gasteiger partial charge in [0.05, 0.1) is 5.54 Å². The lowest BCUT2D eigenvalue weighted by Crippen LogP contribution is -2.52. The molecule has 3 unspecified atom stereocenters. The van der Waals surface area contributed by atoms with Gasteiger partial charge in [0.15, 0.2) is 5.78 Å². The summed E-state index contributed by atoms with van der Waals surface area (Å²) in [5.74, 6) is 1.27. The third kappa shape index (κ3) is 1.33. The van der Waals surface area contributed by atoms with Crippen molar-refractivity contribution < 1.29 is 4.79 Å². The Hall–Kier alpha value is -1.15. The van der Waals surface area contributed by atoms with Gasteiger partial charge in [-0.3, -0.25) is 4.79 Å². The van der Waals surface area contributed by atoms with Crippen LogP contribution in [0.25, 0.3) is 0 Å². The summed E-state index contributed by atoms with van der Waals surface area (Å²) in [6.45, 7) is 0. The van der Waals surface area contributed by atoms with Crippen LogP contribution in [-0.4, -0.2) is 11.3 Å². The molecule has 2 aliphatic rings. The smallest absolute Gasteiger partial charge is 0.182 e. The van der Waals surface area contributed by atoms with Crippen LogP contribution in [0.1, 0.15) is 36.0 Å². The monoisotopic (exact) mass is 215 g/mol. The van der Waals surface area contributed by atoms with Crippen LogP contribution in [0.15, 0.2) is 30.3 Å². The first kappa shape index (κ1) is 10.0. The van der Waals surface area contributed by atoms with Crippen molar-refractivity contribution in [2.24, 2.45) is 17.6 Å². The van der Waals surface area contributed by atoms with Crippen molar-refractivity contribution in [2.75, 3.05) is 0 Å². The fraction of sp³-hybridized carbons (Fsp3) is 0.500. The van der Waals surface area contributed by atoms with Crippen molar-refractivity contribution in [1.29, 1.82) is 0 Å². The Bertz CT molecular complexity index is 414. The molecule has 2 aliphatic carbocycles. The zero-order valence-electron chi connectivity index (χ0n) is 9.36. The minimum absolute atomic E-state index is 0.153. The van der Waals surface area contributed by atoms with Crippen molar-refractivity contribution in [3.05, 3.63) is 35.9 Å². The Morgan fingerprint density at radius 3 is 2.56 bits per heavy atom. The maximum absolute atomic E-state index is 12.4. The molecule has 0 saturated heterocycles. The van der Waals surface area contributed by atoms with E-state index in [-0.39, 0.29) is 5.78 Å². The minimum atomic E-state index is -0.565. The van der Waals surface area contributed by atoms with E-state index in [1.54, 1.807) is 0 Å². The van der Waals surface area contributed by atoms with Gasteiger partial charge in [-0.25, -0.2) is 0 Å². The summed E-state index contributed by atoms with van der Waals surface area (Å²) in [7, 11) is 0. The summed E-state index contributed by atoms with van der Waals surface area (Å²) in [5.41, 5.74) is 6.58. The van der Waals surface area contributed by atoms with E-state index < -0.39 is 5.54 Å². The van der Waals surface area contributed by atoms with Gasteiger partial charge in [0.25, 0.3) is 0 Å². The largest absolute Gasteiger partial charge is 0.318 e. The Morgan fingerprint density at radius 2 is 2.00 bits per heavy atom. The summed E-state index contributed by atoms with van der Waals surface area (Å²) in [4.78, 5) is 12.4. The Labute approximate surface area is 95.8 Å². The predicted octanol–water partition coefficient (Wildman–Crippen LogP) is 2.39. The normalized spacial score (nSPS) is 36.6. The lowest BCUT2D eigenvalue weighted by Gasteiger charge is -2.32. The molecule has 1 aromatic rings. The van der Waals surface area contributed by atoms with Crippen LogP contribution in [0, 0.1) is 11.8 Å². The van der Waals surface area contributed by atoms with Gasteiger partial charge in [-0.2, -0.15) is 0 Å². The number of nitrogens with two attached hydrogens (primary N) is 1. The average molecular weight is 215 g/mol. The third-order valence-corrected chi connectivity index (χ3v) is 4.35. The number of rotatable bonds is 2. The quantitative estimate of drug-likeness (QED) is 0.770. The van der Waals surface area contributed by atoms with E-state index in [2.05, 4.69) is 0 Å². The van der Waals surface area contributed by atoms with Gasteiger partial charge in [-0.15, -0.1) is 0 Å². The molecule has 3 rings (SSSR count). The number of Topliss-reactive ketones (excluding diaryl/α,β-unsaturated/α-hetero) is 1. The molecule has 0 radical (unpaired) electrons. The van der Waals surface area contributed by atoms with Crippen molar-refractivity contribution in [2.45, 2.75) is 31.2 Å². The highest BCUT2D eigenvalue weighted by molar-refractivity contribution is 6.03. The summed E-state index contributed by atoms with van der Waals surface area (Å²) in [6, 6.07) is 9.50. The SMILES string of the molecule is NC1(C(=O)c2ccccc2)CC2CCC1C2. The first-order chi connectivity index (χ1) is 7.70. The van der Waals surface area contributed by atoms with Crippen molar-refractivity contribution in [1.82, 2.24) is 0 Å². The van der Waals surface area contributed by atoms with E-state index in [0.717, 1.165) is 24.8 Å². The molecule has 2 nitrogen and oxygen atoms in total. The highest BCUT2D eigenvalue weighted by Gasteiger charge is 2.52. The van der Waals surface area contributed by atoms with E-state index in [0.29, 0.717) is 11.8 Å². The second kappa shape index (κ2) is 3.42. The molecule has 0 amide bonds. The lowest BCUT2D eigenvalue weighted by atomic mass is 9.76. The van der Waals surface area contributed by atoms with Gasteiger partial charge in [-0.1, -0.05) is 36.8 Å². The molecule has 0 heterocycles. The van der Waals surface area contributed by atoms with Crippen molar-refractivity contribution in [3.63, 3.8) is 0 Å². The Kier molecular flexibility index (Phi) is 2.15. The number of ketones is 1. The van der Waals surface area contributed by atoms with Gasteiger partial charge >= 0.3 is 0 Å². The lowest BCUT2D eigenvalue weighted by molar-refractivity contribution is 0.0827. The first-order valence-electron chi connectivity index (χ1n) is 6.09. The summed E-state index contributed by atoms with van der Waals surface area (Å²) in [5, 5.41) is 0. The van der Waals surface area contributed by atoms with Gasteiger partial charge in [0.2, 0.25) is 0 Å². The van der Waals surface area contributed by atoms with Gasteiger partial charge in [0.1, 0.15) is 0 Å². The Morgan fingerprint density at radius 1 is 1.25 bits per heavy atom. The molecule has 1 aromatic carbocycles. The fourth-order valence-corrected chi connectivity index (χ4v) is 3.51. The summed E-state index contributed by atoms with van der Waals surface area (Å²) in [6.07, 6.45) is 4.46. The number of hydrogen-bond donors (Lipinski definition) is 1. The molecule has 0 aromatic heterocycles. The molecule has 0 aliphatic heterocycles. The van der Waals surface area contributed by atoms with E-state index in [1.807, 2.05) is 30.3 Å². The van der Waals surface area contributed by atoms with Crippen LogP contribution < -0.4 is 5.73 Å². The molecule has 2 N–H and O–H groups in total. The second-order valence-electron chi connectivity index (χ2n) is 5.32. The highest BCUT2D eigenvalue weighted by Crippen LogP contribution is 2.50. The highest BCUT2D eigenvalue weighted by atomic mass is 16.1. The summed E-state index contributed by atoms with van der Waals surface area (Å²) < 4.78 is 0. The molecule has 3 atom stereocenters. The van der Waals surface area contributed by atoms with Crippen LogP contribution in [0.5, 0.6) is 0 Å².